The molecule has 0 N–H and O–H groups in total. The van der Waals surface area contributed by atoms with Gasteiger partial charge in [-0.2, -0.15) is 0 Å². The second-order valence-electron chi connectivity index (χ2n) is 4.90. The zero-order valence-corrected chi connectivity index (χ0v) is 12.7. The summed E-state index contributed by atoms with van der Waals surface area (Å²) in [4.78, 5) is 11.7. The largest absolute Gasteiger partial charge is 0.464 e. The summed E-state index contributed by atoms with van der Waals surface area (Å²) < 4.78 is 11.5. The van der Waals surface area contributed by atoms with Gasteiger partial charge in [0.05, 0.1) is 26.0 Å². The molecule has 6 heteroatoms. The number of carbonyl (C=O) groups is 1. The first kappa shape index (κ1) is 15.2. The van der Waals surface area contributed by atoms with Gasteiger partial charge in [0.25, 0.3) is 0 Å². The first-order valence-corrected chi connectivity index (χ1v) is 6.62. The predicted molar refractivity (Wildman–Crippen MR) is 77.1 cm³/mol. The average molecular weight is 289 g/mol. The van der Waals surface area contributed by atoms with Gasteiger partial charge >= 0.3 is 5.97 Å². The smallest absolute Gasteiger partial charge is 0.360 e. The molecule has 0 amide bonds. The van der Waals surface area contributed by atoms with E-state index in [4.69, 9.17) is 9.47 Å². The van der Waals surface area contributed by atoms with Crippen molar-refractivity contribution in [1.29, 1.82) is 0 Å². The molecule has 0 aliphatic carbocycles. The molecule has 0 radical (unpaired) electrons. The average Bonchev–Trinajstić information content (AvgIpc) is 2.85. The van der Waals surface area contributed by atoms with Crippen LogP contribution in [0.1, 0.15) is 32.9 Å². The number of nitrogens with zero attached hydrogens (tertiary/aromatic N) is 3. The second-order valence-corrected chi connectivity index (χ2v) is 4.90. The number of aryl methyl sites for hydroxylation is 2. The summed E-state index contributed by atoms with van der Waals surface area (Å²) in [6.45, 7) is 4.88. The Morgan fingerprint density at radius 3 is 2.71 bits per heavy atom. The molecule has 1 heterocycles. The van der Waals surface area contributed by atoms with Crippen LogP contribution in [0.3, 0.4) is 0 Å². The number of rotatable bonds is 5. The summed E-state index contributed by atoms with van der Waals surface area (Å²) in [5, 5.41) is 7.97. The van der Waals surface area contributed by atoms with E-state index in [-0.39, 0.29) is 12.3 Å². The van der Waals surface area contributed by atoms with Gasteiger partial charge < -0.3 is 9.47 Å². The summed E-state index contributed by atoms with van der Waals surface area (Å²) in [7, 11) is 2.89. The fourth-order valence-corrected chi connectivity index (χ4v) is 2.13. The fraction of sp³-hybridized carbons (Fsp3) is 0.400. The molecule has 0 fully saturated rings. The van der Waals surface area contributed by atoms with Crippen LogP contribution < -0.4 is 0 Å². The highest BCUT2D eigenvalue weighted by atomic mass is 16.5. The van der Waals surface area contributed by atoms with E-state index in [2.05, 4.69) is 28.5 Å². The zero-order chi connectivity index (χ0) is 15.4. The van der Waals surface area contributed by atoms with Crippen molar-refractivity contribution in [3.63, 3.8) is 0 Å². The number of hydrogen-bond acceptors (Lipinski definition) is 5. The van der Waals surface area contributed by atoms with Crippen molar-refractivity contribution in [2.45, 2.75) is 27.0 Å². The Morgan fingerprint density at radius 2 is 2.05 bits per heavy atom. The van der Waals surface area contributed by atoms with Crippen LogP contribution in [0.2, 0.25) is 0 Å². The van der Waals surface area contributed by atoms with Gasteiger partial charge in [0.2, 0.25) is 0 Å². The van der Waals surface area contributed by atoms with Gasteiger partial charge in [-0.05, 0) is 25.0 Å². The molecule has 21 heavy (non-hydrogen) atoms. The molecule has 0 saturated heterocycles. The van der Waals surface area contributed by atoms with E-state index in [1.165, 1.54) is 18.2 Å². The van der Waals surface area contributed by atoms with Gasteiger partial charge in [0.15, 0.2) is 5.69 Å². The van der Waals surface area contributed by atoms with Gasteiger partial charge in [-0.15, -0.1) is 5.10 Å². The number of ether oxygens (including phenoxy) is 2. The predicted octanol–water partition coefficient (Wildman–Crippen LogP) is 1.88. The Morgan fingerprint density at radius 1 is 1.29 bits per heavy atom. The molecule has 2 rings (SSSR count). The summed E-state index contributed by atoms with van der Waals surface area (Å²) in [5.41, 5.74) is 4.29. The minimum absolute atomic E-state index is 0.199. The Kier molecular flexibility index (Phi) is 4.70. The van der Waals surface area contributed by atoms with Crippen LogP contribution in [-0.4, -0.2) is 35.2 Å². The number of aromatic nitrogens is 3. The first-order valence-electron chi connectivity index (χ1n) is 6.62. The molecule has 2 aromatic rings. The summed E-state index contributed by atoms with van der Waals surface area (Å²) in [6, 6.07) is 6.24. The fourth-order valence-electron chi connectivity index (χ4n) is 2.13. The van der Waals surface area contributed by atoms with Crippen molar-refractivity contribution in [2.75, 3.05) is 14.2 Å². The zero-order valence-electron chi connectivity index (χ0n) is 12.7. The molecule has 0 bridgehead atoms. The Bertz CT molecular complexity index is 650. The van der Waals surface area contributed by atoms with Crippen LogP contribution in [0.15, 0.2) is 18.2 Å². The number of benzene rings is 1. The summed E-state index contributed by atoms with van der Waals surface area (Å²) >= 11 is 0. The summed E-state index contributed by atoms with van der Waals surface area (Å²) in [5.74, 6) is -0.505. The van der Waals surface area contributed by atoms with E-state index < -0.39 is 5.97 Å². The van der Waals surface area contributed by atoms with Gasteiger partial charge in [0.1, 0.15) is 0 Å². The number of esters is 1. The Balaban J connectivity index is 2.37. The van der Waals surface area contributed by atoms with Gasteiger partial charge in [0, 0.05) is 7.11 Å². The van der Waals surface area contributed by atoms with E-state index in [1.807, 2.05) is 13.8 Å². The van der Waals surface area contributed by atoms with E-state index in [9.17, 15) is 4.79 Å². The van der Waals surface area contributed by atoms with E-state index >= 15 is 0 Å². The monoisotopic (exact) mass is 289 g/mol. The lowest BCUT2D eigenvalue weighted by Gasteiger charge is -2.10. The van der Waals surface area contributed by atoms with Crippen LogP contribution in [-0.2, 0) is 22.6 Å². The molecule has 1 aromatic heterocycles. The highest BCUT2D eigenvalue weighted by molar-refractivity contribution is 5.88. The van der Waals surface area contributed by atoms with Gasteiger partial charge in [-0.25, -0.2) is 9.48 Å². The van der Waals surface area contributed by atoms with E-state index in [0.29, 0.717) is 12.2 Å². The number of methoxy groups -OCH3 is 2. The maximum absolute atomic E-state index is 11.7. The minimum Gasteiger partial charge on any atom is -0.464 e. The van der Waals surface area contributed by atoms with Crippen molar-refractivity contribution in [1.82, 2.24) is 15.0 Å². The molecule has 0 unspecified atom stereocenters. The molecule has 0 aliphatic rings. The van der Waals surface area contributed by atoms with Crippen molar-refractivity contribution < 1.29 is 14.3 Å². The number of hydrogen-bond donors (Lipinski definition) is 0. The molecular weight excluding hydrogens is 270 g/mol. The van der Waals surface area contributed by atoms with E-state index in [1.54, 1.807) is 11.8 Å². The molecule has 6 nitrogen and oxygen atoms in total. The lowest BCUT2D eigenvalue weighted by molar-refractivity contribution is 0.0588. The van der Waals surface area contributed by atoms with Crippen LogP contribution in [0, 0.1) is 13.8 Å². The second kappa shape index (κ2) is 6.49. The third-order valence-electron chi connectivity index (χ3n) is 3.32. The first-order chi connectivity index (χ1) is 10.1. The molecule has 0 atom stereocenters. The van der Waals surface area contributed by atoms with Gasteiger partial charge in [-0.1, -0.05) is 29.0 Å². The molecule has 0 aliphatic heterocycles. The van der Waals surface area contributed by atoms with Gasteiger partial charge in [-0.3, -0.25) is 0 Å². The van der Waals surface area contributed by atoms with Crippen LogP contribution in [0.5, 0.6) is 0 Å². The normalized spacial score (nSPS) is 10.7. The Hall–Kier alpha value is -2.21. The molecule has 0 spiro atoms. The van der Waals surface area contributed by atoms with Crippen LogP contribution in [0.25, 0.3) is 0 Å². The highest BCUT2D eigenvalue weighted by Gasteiger charge is 2.20. The summed E-state index contributed by atoms with van der Waals surface area (Å²) in [6.07, 6.45) is 0. The van der Waals surface area contributed by atoms with Crippen LogP contribution >= 0.6 is 0 Å². The number of carbonyl (C=O) groups excluding carboxylic acids is 1. The van der Waals surface area contributed by atoms with Crippen molar-refractivity contribution >= 4 is 5.97 Å². The lowest BCUT2D eigenvalue weighted by atomic mass is 10.1. The van der Waals surface area contributed by atoms with Crippen molar-refractivity contribution in [3.8, 4) is 0 Å². The molecule has 1 aromatic carbocycles. The third-order valence-corrected chi connectivity index (χ3v) is 3.32. The quantitative estimate of drug-likeness (QED) is 0.786. The minimum atomic E-state index is -0.505. The van der Waals surface area contributed by atoms with Crippen molar-refractivity contribution in [2.24, 2.45) is 0 Å². The maximum atomic E-state index is 11.7. The topological polar surface area (TPSA) is 66.2 Å². The Labute approximate surface area is 123 Å². The van der Waals surface area contributed by atoms with Crippen LogP contribution in [0.4, 0.5) is 0 Å². The standard InChI is InChI=1S/C15H19N3O3/c1-10-5-6-11(2)12(7-10)8-18-13(9-20-3)14(16-17-18)15(19)21-4/h5-7H,8-9H2,1-4H3. The molecule has 112 valence electrons. The SMILES string of the molecule is COCc1c(C(=O)OC)nnn1Cc1cc(C)ccc1C. The van der Waals surface area contributed by atoms with Crippen molar-refractivity contribution in [3.05, 3.63) is 46.3 Å². The highest BCUT2D eigenvalue weighted by Crippen LogP contribution is 2.15. The lowest BCUT2D eigenvalue weighted by Crippen LogP contribution is -2.12. The molecule has 0 saturated carbocycles. The maximum Gasteiger partial charge on any atom is 0.360 e. The van der Waals surface area contributed by atoms with E-state index in [0.717, 1.165) is 5.56 Å². The molecular formula is C15H19N3O3. The third kappa shape index (κ3) is 3.28.